The molecule has 2 heterocycles. The number of thiazole rings is 1. The molecule has 0 aliphatic carbocycles. The zero-order chi connectivity index (χ0) is 17.5. The topological polar surface area (TPSA) is 122 Å². The van der Waals surface area contributed by atoms with Crippen LogP contribution in [0.15, 0.2) is 40.6 Å². The number of aromatic nitrogens is 3. The summed E-state index contributed by atoms with van der Waals surface area (Å²) in [5.41, 5.74) is 0.692. The first kappa shape index (κ1) is 16.1. The SMILES string of the molecule is CS(=O)(=O)c1cccc(-c2cc(O)n(-c3nc(C(=O)O)cs3)n2)c1. The van der Waals surface area contributed by atoms with Crippen molar-refractivity contribution < 1.29 is 23.4 Å². The fourth-order valence-corrected chi connectivity index (χ4v) is 3.42. The molecule has 0 unspecified atom stereocenters. The lowest BCUT2D eigenvalue weighted by atomic mass is 10.2. The van der Waals surface area contributed by atoms with Gasteiger partial charge in [-0.05, 0) is 12.1 Å². The van der Waals surface area contributed by atoms with Crippen LogP contribution in [0.2, 0.25) is 0 Å². The number of rotatable bonds is 4. The highest BCUT2D eigenvalue weighted by atomic mass is 32.2. The van der Waals surface area contributed by atoms with E-state index in [0.29, 0.717) is 11.3 Å². The number of hydrogen-bond donors (Lipinski definition) is 2. The second-order valence-corrected chi connectivity index (χ2v) is 7.77. The number of aromatic hydroxyl groups is 1. The summed E-state index contributed by atoms with van der Waals surface area (Å²) < 4.78 is 24.4. The Kier molecular flexibility index (Phi) is 3.85. The Morgan fingerprint density at radius 3 is 2.67 bits per heavy atom. The summed E-state index contributed by atoms with van der Waals surface area (Å²) in [7, 11) is -3.37. The van der Waals surface area contributed by atoms with E-state index in [9.17, 15) is 18.3 Å². The maximum absolute atomic E-state index is 11.6. The van der Waals surface area contributed by atoms with Gasteiger partial charge in [0.05, 0.1) is 10.6 Å². The quantitative estimate of drug-likeness (QED) is 0.723. The molecule has 0 saturated heterocycles. The summed E-state index contributed by atoms with van der Waals surface area (Å²) in [6.07, 6.45) is 1.10. The average molecular weight is 365 g/mol. The van der Waals surface area contributed by atoms with Crippen LogP contribution in [0.1, 0.15) is 10.5 Å². The summed E-state index contributed by atoms with van der Waals surface area (Å²) in [6.45, 7) is 0. The molecule has 3 rings (SSSR count). The summed E-state index contributed by atoms with van der Waals surface area (Å²) in [5, 5.41) is 24.6. The second-order valence-electron chi connectivity index (χ2n) is 4.92. The molecule has 0 fully saturated rings. The first-order chi connectivity index (χ1) is 11.3. The molecule has 0 bridgehead atoms. The lowest BCUT2D eigenvalue weighted by Crippen LogP contribution is -2.00. The molecular weight excluding hydrogens is 354 g/mol. The van der Waals surface area contributed by atoms with E-state index in [1.54, 1.807) is 12.1 Å². The van der Waals surface area contributed by atoms with Crippen LogP contribution in [0.3, 0.4) is 0 Å². The molecule has 24 heavy (non-hydrogen) atoms. The molecule has 0 radical (unpaired) electrons. The van der Waals surface area contributed by atoms with Gasteiger partial charge in [-0.1, -0.05) is 12.1 Å². The third kappa shape index (κ3) is 3.01. The van der Waals surface area contributed by atoms with Crippen molar-refractivity contribution in [3.05, 3.63) is 41.4 Å². The highest BCUT2D eigenvalue weighted by molar-refractivity contribution is 7.90. The minimum Gasteiger partial charge on any atom is -0.493 e. The number of aromatic carboxylic acids is 1. The van der Waals surface area contributed by atoms with E-state index >= 15 is 0 Å². The smallest absolute Gasteiger partial charge is 0.355 e. The van der Waals surface area contributed by atoms with Gasteiger partial charge < -0.3 is 10.2 Å². The van der Waals surface area contributed by atoms with Gasteiger partial charge in [0.25, 0.3) is 0 Å². The van der Waals surface area contributed by atoms with Gasteiger partial charge in [0.15, 0.2) is 15.5 Å². The molecule has 124 valence electrons. The Morgan fingerprint density at radius 2 is 2.04 bits per heavy atom. The molecule has 3 aromatic rings. The molecule has 1 aromatic carbocycles. The zero-order valence-electron chi connectivity index (χ0n) is 12.2. The Morgan fingerprint density at radius 1 is 1.29 bits per heavy atom. The van der Waals surface area contributed by atoms with Crippen molar-refractivity contribution in [3.63, 3.8) is 0 Å². The number of carboxylic acids is 1. The fourth-order valence-electron chi connectivity index (χ4n) is 2.00. The van der Waals surface area contributed by atoms with E-state index in [-0.39, 0.29) is 21.6 Å². The van der Waals surface area contributed by atoms with Gasteiger partial charge in [-0.25, -0.2) is 18.2 Å². The Balaban J connectivity index is 2.04. The summed E-state index contributed by atoms with van der Waals surface area (Å²) in [4.78, 5) is 14.9. The van der Waals surface area contributed by atoms with Crippen LogP contribution in [0.25, 0.3) is 16.4 Å². The molecule has 2 N–H and O–H groups in total. The molecule has 0 aliphatic heterocycles. The largest absolute Gasteiger partial charge is 0.493 e. The van der Waals surface area contributed by atoms with Crippen molar-refractivity contribution in [2.24, 2.45) is 0 Å². The van der Waals surface area contributed by atoms with Crippen molar-refractivity contribution in [2.45, 2.75) is 4.90 Å². The molecular formula is C14H11N3O5S2. The molecule has 0 spiro atoms. The molecule has 10 heteroatoms. The maximum atomic E-state index is 11.6. The highest BCUT2D eigenvalue weighted by Crippen LogP contribution is 2.28. The van der Waals surface area contributed by atoms with Gasteiger partial charge in [0, 0.05) is 23.3 Å². The van der Waals surface area contributed by atoms with Gasteiger partial charge in [0.2, 0.25) is 11.0 Å². The minimum atomic E-state index is -3.37. The van der Waals surface area contributed by atoms with Gasteiger partial charge in [-0.3, -0.25) is 0 Å². The second kappa shape index (κ2) is 5.73. The highest BCUT2D eigenvalue weighted by Gasteiger charge is 2.16. The van der Waals surface area contributed by atoms with E-state index in [0.717, 1.165) is 22.3 Å². The first-order valence-corrected chi connectivity index (χ1v) is 9.31. The third-order valence-electron chi connectivity index (χ3n) is 3.14. The number of nitrogens with zero attached hydrogens (tertiary/aromatic N) is 3. The van der Waals surface area contributed by atoms with E-state index in [2.05, 4.69) is 10.1 Å². The van der Waals surface area contributed by atoms with Crippen molar-refractivity contribution in [2.75, 3.05) is 6.26 Å². The lowest BCUT2D eigenvalue weighted by molar-refractivity contribution is 0.0691. The Hall–Kier alpha value is -2.72. The molecule has 8 nitrogen and oxygen atoms in total. The zero-order valence-corrected chi connectivity index (χ0v) is 13.9. The van der Waals surface area contributed by atoms with Gasteiger partial charge >= 0.3 is 5.97 Å². The lowest BCUT2D eigenvalue weighted by Gasteiger charge is -2.01. The minimum absolute atomic E-state index is 0.136. The number of carbonyl (C=O) groups is 1. The predicted molar refractivity (Wildman–Crippen MR) is 86.4 cm³/mol. The molecule has 2 aromatic heterocycles. The molecule has 0 amide bonds. The third-order valence-corrected chi connectivity index (χ3v) is 5.07. The fraction of sp³-hybridized carbons (Fsp3) is 0.0714. The van der Waals surface area contributed by atoms with E-state index in [1.807, 2.05) is 0 Å². The predicted octanol–water partition coefficient (Wildman–Crippen LogP) is 1.80. The van der Waals surface area contributed by atoms with Crippen molar-refractivity contribution >= 4 is 27.1 Å². The molecule has 0 aliphatic rings. The average Bonchev–Trinajstić information content (AvgIpc) is 3.13. The Bertz CT molecular complexity index is 1040. The van der Waals surface area contributed by atoms with E-state index < -0.39 is 15.8 Å². The number of benzene rings is 1. The van der Waals surface area contributed by atoms with Gasteiger partial charge in [-0.2, -0.15) is 9.78 Å². The van der Waals surface area contributed by atoms with Crippen LogP contribution >= 0.6 is 11.3 Å². The van der Waals surface area contributed by atoms with Crippen LogP contribution in [-0.2, 0) is 9.84 Å². The molecule has 0 atom stereocenters. The van der Waals surface area contributed by atoms with Crippen molar-refractivity contribution in [1.29, 1.82) is 0 Å². The summed E-state index contributed by atoms with van der Waals surface area (Å²) >= 11 is 1.01. The molecule has 0 saturated carbocycles. The van der Waals surface area contributed by atoms with Crippen molar-refractivity contribution in [3.8, 4) is 22.3 Å². The summed E-state index contributed by atoms with van der Waals surface area (Å²) in [6, 6.07) is 7.50. The maximum Gasteiger partial charge on any atom is 0.355 e. The number of hydrogen-bond acceptors (Lipinski definition) is 7. The van der Waals surface area contributed by atoms with E-state index in [1.165, 1.54) is 23.6 Å². The normalized spacial score (nSPS) is 11.5. The van der Waals surface area contributed by atoms with Crippen LogP contribution in [-0.4, -0.2) is 45.6 Å². The van der Waals surface area contributed by atoms with Crippen LogP contribution < -0.4 is 0 Å². The van der Waals surface area contributed by atoms with Gasteiger partial charge in [-0.15, -0.1) is 11.3 Å². The van der Waals surface area contributed by atoms with Crippen LogP contribution in [0.5, 0.6) is 5.88 Å². The van der Waals surface area contributed by atoms with Crippen LogP contribution in [0, 0.1) is 0 Å². The summed E-state index contributed by atoms with van der Waals surface area (Å²) in [5.74, 6) is -1.41. The standard InChI is InChI=1S/C14H11N3O5S2/c1-24(21,22)9-4-2-3-8(5-9)10-6-12(18)17(16-10)14-15-11(7-23-14)13(19)20/h2-7,18H,1H3,(H,19,20). The number of sulfone groups is 1. The Labute approximate surface area is 140 Å². The number of carboxylic acid groups (broad SMARTS) is 1. The van der Waals surface area contributed by atoms with E-state index in [4.69, 9.17) is 5.11 Å². The monoisotopic (exact) mass is 365 g/mol. The van der Waals surface area contributed by atoms with Gasteiger partial charge in [0.1, 0.15) is 0 Å². The van der Waals surface area contributed by atoms with Crippen molar-refractivity contribution in [1.82, 2.24) is 14.8 Å². The first-order valence-electron chi connectivity index (χ1n) is 6.54. The van der Waals surface area contributed by atoms with Crippen LogP contribution in [0.4, 0.5) is 0 Å².